The molecule has 2 amide bonds. The quantitative estimate of drug-likeness (QED) is 0.832. The second-order valence-electron chi connectivity index (χ2n) is 4.84. The summed E-state index contributed by atoms with van der Waals surface area (Å²) in [5.41, 5.74) is 0.486. The number of nitrogens with one attached hydrogen (secondary N) is 2. The van der Waals surface area contributed by atoms with Crippen molar-refractivity contribution in [3.8, 4) is 0 Å². The molecule has 0 aliphatic heterocycles. The summed E-state index contributed by atoms with van der Waals surface area (Å²) in [4.78, 5) is 23.7. The Morgan fingerprint density at radius 1 is 1.32 bits per heavy atom. The number of nitrogens with zero attached hydrogens (tertiary/aromatic N) is 2. The maximum absolute atomic E-state index is 11.9. The average Bonchev–Trinajstić information content (AvgIpc) is 2.93. The van der Waals surface area contributed by atoms with E-state index >= 15 is 0 Å². The molecule has 0 aliphatic rings. The maximum Gasteiger partial charge on any atom is 0.251 e. The Morgan fingerprint density at radius 2 is 2.09 bits per heavy atom. The van der Waals surface area contributed by atoms with E-state index in [9.17, 15) is 9.59 Å². The monoisotopic (exact) mass is 382 g/mol. The number of hydrogen-bond donors (Lipinski definition) is 2. The van der Waals surface area contributed by atoms with Crippen LogP contribution in [0.3, 0.4) is 0 Å². The number of carbonyl (C=O) groups is 2. The van der Waals surface area contributed by atoms with Gasteiger partial charge in [-0.2, -0.15) is 0 Å². The molecule has 22 heavy (non-hydrogen) atoms. The van der Waals surface area contributed by atoms with Crippen LogP contribution < -0.4 is 10.6 Å². The van der Waals surface area contributed by atoms with Crippen LogP contribution >= 0.6 is 27.3 Å². The standard InChI is InChI=1S/C14H15BrN4O2S/c1-8(2)13-18-19-14(22-13)17-11(20)7-16-12(21)9-4-3-5-10(15)6-9/h3-6,8H,7H2,1-2H3,(H,16,21)(H,17,19,20). The molecule has 0 spiro atoms. The predicted molar refractivity (Wildman–Crippen MR) is 89.1 cm³/mol. The van der Waals surface area contributed by atoms with Gasteiger partial charge in [-0.25, -0.2) is 0 Å². The van der Waals surface area contributed by atoms with E-state index in [4.69, 9.17) is 0 Å². The number of benzene rings is 1. The highest BCUT2D eigenvalue weighted by Gasteiger charge is 2.12. The van der Waals surface area contributed by atoms with Crippen LogP contribution in [-0.4, -0.2) is 28.6 Å². The molecule has 2 aromatic rings. The molecule has 0 saturated carbocycles. The second-order valence-corrected chi connectivity index (χ2v) is 6.77. The van der Waals surface area contributed by atoms with E-state index in [-0.39, 0.29) is 24.3 Å². The van der Waals surface area contributed by atoms with E-state index in [2.05, 4.69) is 36.8 Å². The van der Waals surface area contributed by atoms with E-state index < -0.39 is 0 Å². The summed E-state index contributed by atoms with van der Waals surface area (Å²) in [5, 5.41) is 14.3. The Bertz CT molecular complexity index is 687. The molecule has 0 aliphatic carbocycles. The highest BCUT2D eigenvalue weighted by molar-refractivity contribution is 9.10. The van der Waals surface area contributed by atoms with Crippen molar-refractivity contribution in [3.05, 3.63) is 39.3 Å². The number of anilines is 1. The molecule has 1 aromatic heterocycles. The third-order valence-electron chi connectivity index (χ3n) is 2.68. The fraction of sp³-hybridized carbons (Fsp3) is 0.286. The van der Waals surface area contributed by atoms with Gasteiger partial charge in [-0.05, 0) is 18.2 Å². The molecular formula is C14H15BrN4O2S. The van der Waals surface area contributed by atoms with E-state index in [1.165, 1.54) is 11.3 Å². The number of aromatic nitrogens is 2. The first-order chi connectivity index (χ1) is 10.5. The Hall–Kier alpha value is -1.80. The minimum Gasteiger partial charge on any atom is -0.343 e. The highest BCUT2D eigenvalue weighted by Crippen LogP contribution is 2.22. The Kier molecular flexibility index (Phi) is 5.62. The molecule has 0 saturated heterocycles. The summed E-state index contributed by atoms with van der Waals surface area (Å²) in [6.45, 7) is 3.89. The molecule has 6 nitrogen and oxygen atoms in total. The third-order valence-corrected chi connectivity index (χ3v) is 4.31. The van der Waals surface area contributed by atoms with Crippen LogP contribution in [0.25, 0.3) is 0 Å². The molecule has 0 atom stereocenters. The lowest BCUT2D eigenvalue weighted by Crippen LogP contribution is -2.32. The molecule has 0 bridgehead atoms. The first-order valence-corrected chi connectivity index (χ1v) is 8.23. The fourth-order valence-corrected chi connectivity index (χ4v) is 2.74. The molecule has 0 unspecified atom stereocenters. The molecule has 2 N–H and O–H groups in total. The van der Waals surface area contributed by atoms with Crippen molar-refractivity contribution in [2.45, 2.75) is 19.8 Å². The van der Waals surface area contributed by atoms with Gasteiger partial charge in [0.1, 0.15) is 5.01 Å². The smallest absolute Gasteiger partial charge is 0.251 e. The minimum atomic E-state index is -0.338. The number of carbonyl (C=O) groups excluding carboxylic acids is 2. The molecule has 0 radical (unpaired) electrons. The van der Waals surface area contributed by atoms with E-state index in [0.29, 0.717) is 10.7 Å². The number of amides is 2. The van der Waals surface area contributed by atoms with Crippen molar-refractivity contribution in [1.82, 2.24) is 15.5 Å². The average molecular weight is 383 g/mol. The molecule has 8 heteroatoms. The van der Waals surface area contributed by atoms with Crippen LogP contribution in [0.2, 0.25) is 0 Å². The maximum atomic E-state index is 11.9. The molecule has 1 aromatic carbocycles. The SMILES string of the molecule is CC(C)c1nnc(NC(=O)CNC(=O)c2cccc(Br)c2)s1. The van der Waals surface area contributed by atoms with Crippen molar-refractivity contribution in [2.24, 2.45) is 0 Å². The van der Waals surface area contributed by atoms with Crippen LogP contribution in [0.5, 0.6) is 0 Å². The van der Waals surface area contributed by atoms with Crippen LogP contribution in [-0.2, 0) is 4.79 Å². The van der Waals surface area contributed by atoms with Crippen molar-refractivity contribution in [2.75, 3.05) is 11.9 Å². The van der Waals surface area contributed by atoms with E-state index in [0.717, 1.165) is 9.48 Å². The highest BCUT2D eigenvalue weighted by atomic mass is 79.9. The van der Waals surface area contributed by atoms with Crippen LogP contribution in [0.4, 0.5) is 5.13 Å². The summed E-state index contributed by atoms with van der Waals surface area (Å²) in [7, 11) is 0. The number of rotatable bonds is 5. The van der Waals surface area contributed by atoms with Gasteiger partial charge in [0.25, 0.3) is 5.91 Å². The van der Waals surface area contributed by atoms with Gasteiger partial charge in [0.05, 0.1) is 6.54 Å². The predicted octanol–water partition coefficient (Wildman–Crippen LogP) is 2.79. The molecule has 116 valence electrons. The van der Waals surface area contributed by atoms with Gasteiger partial charge in [0, 0.05) is 16.0 Å². The second kappa shape index (κ2) is 7.46. The van der Waals surface area contributed by atoms with Crippen LogP contribution in [0.1, 0.15) is 35.1 Å². The lowest BCUT2D eigenvalue weighted by molar-refractivity contribution is -0.115. The first-order valence-electron chi connectivity index (χ1n) is 6.62. The summed E-state index contributed by atoms with van der Waals surface area (Å²) in [6.07, 6.45) is 0. The van der Waals surface area contributed by atoms with Crippen molar-refractivity contribution in [1.29, 1.82) is 0 Å². The van der Waals surface area contributed by atoms with Crippen molar-refractivity contribution in [3.63, 3.8) is 0 Å². The first kappa shape index (κ1) is 16.6. The van der Waals surface area contributed by atoms with E-state index in [1.807, 2.05) is 19.9 Å². The number of hydrogen-bond acceptors (Lipinski definition) is 5. The van der Waals surface area contributed by atoms with Gasteiger partial charge in [-0.1, -0.05) is 47.2 Å². The minimum absolute atomic E-state index is 0.123. The largest absolute Gasteiger partial charge is 0.343 e. The van der Waals surface area contributed by atoms with E-state index in [1.54, 1.807) is 18.2 Å². The Balaban J connectivity index is 1.85. The van der Waals surface area contributed by atoms with Gasteiger partial charge in [0.2, 0.25) is 11.0 Å². The summed E-state index contributed by atoms with van der Waals surface area (Å²) in [6, 6.07) is 6.95. The molecule has 1 heterocycles. The zero-order chi connectivity index (χ0) is 16.1. The zero-order valence-electron chi connectivity index (χ0n) is 12.1. The Labute approximate surface area is 140 Å². The summed E-state index contributed by atoms with van der Waals surface area (Å²) < 4.78 is 0.805. The zero-order valence-corrected chi connectivity index (χ0v) is 14.5. The lowest BCUT2D eigenvalue weighted by Gasteiger charge is -2.05. The molecule has 0 fully saturated rings. The normalized spacial score (nSPS) is 10.5. The summed E-state index contributed by atoms with van der Waals surface area (Å²) in [5.74, 6) is -0.384. The fourth-order valence-electron chi connectivity index (χ4n) is 1.57. The number of halogens is 1. The van der Waals surface area contributed by atoms with Gasteiger partial charge < -0.3 is 5.32 Å². The van der Waals surface area contributed by atoms with Gasteiger partial charge in [-0.15, -0.1) is 10.2 Å². The Morgan fingerprint density at radius 3 is 2.73 bits per heavy atom. The van der Waals surface area contributed by atoms with Crippen molar-refractivity contribution >= 4 is 44.2 Å². The van der Waals surface area contributed by atoms with Crippen LogP contribution in [0.15, 0.2) is 28.7 Å². The van der Waals surface area contributed by atoms with Gasteiger partial charge in [0.15, 0.2) is 0 Å². The third kappa shape index (κ3) is 4.60. The topological polar surface area (TPSA) is 84.0 Å². The molecule has 2 rings (SSSR count). The van der Waals surface area contributed by atoms with Crippen LogP contribution in [0, 0.1) is 0 Å². The lowest BCUT2D eigenvalue weighted by atomic mass is 10.2. The summed E-state index contributed by atoms with van der Waals surface area (Å²) >= 11 is 4.62. The van der Waals surface area contributed by atoms with Crippen molar-refractivity contribution < 1.29 is 9.59 Å². The van der Waals surface area contributed by atoms with Gasteiger partial charge in [-0.3, -0.25) is 14.9 Å². The van der Waals surface area contributed by atoms with Gasteiger partial charge >= 0.3 is 0 Å². The molecular weight excluding hydrogens is 368 g/mol.